The molecule has 7 nitrogen and oxygen atoms in total. The molecule has 9 heteroatoms. The van der Waals surface area contributed by atoms with E-state index in [9.17, 15) is 18.8 Å². The minimum atomic E-state index is -2.92. The molecular formula is C30H26F2N2O5. The molecule has 0 radical (unpaired) electrons. The van der Waals surface area contributed by atoms with Gasteiger partial charge in [0, 0.05) is 10.9 Å². The molecule has 5 rings (SSSR count). The molecule has 0 aliphatic carbocycles. The number of fused-ring (bicyclic) bond motifs is 2. The van der Waals surface area contributed by atoms with Gasteiger partial charge in [-0.25, -0.2) is 9.78 Å². The van der Waals surface area contributed by atoms with Crippen LogP contribution in [-0.4, -0.2) is 24.6 Å². The van der Waals surface area contributed by atoms with Gasteiger partial charge in [0.15, 0.2) is 5.76 Å². The van der Waals surface area contributed by atoms with Crippen molar-refractivity contribution in [3.63, 3.8) is 0 Å². The molecular weight excluding hydrogens is 506 g/mol. The maximum atomic E-state index is 13.2. The van der Waals surface area contributed by atoms with E-state index >= 15 is 0 Å². The molecule has 0 fully saturated rings. The lowest BCUT2D eigenvalue weighted by atomic mass is 10.0. The fourth-order valence-electron chi connectivity index (χ4n) is 4.62. The lowest BCUT2D eigenvalue weighted by Crippen LogP contribution is -3.06. The molecule has 0 bridgehead atoms. The summed E-state index contributed by atoms with van der Waals surface area (Å²) in [5.41, 5.74) is 4.15. The van der Waals surface area contributed by atoms with Crippen LogP contribution in [0.15, 0.2) is 71.1 Å². The highest BCUT2D eigenvalue weighted by Crippen LogP contribution is 2.38. The number of carbonyl (C=O) groups excluding carboxylic acids is 1. The van der Waals surface area contributed by atoms with Crippen molar-refractivity contribution < 1.29 is 32.5 Å². The van der Waals surface area contributed by atoms with Gasteiger partial charge >= 0.3 is 12.5 Å². The van der Waals surface area contributed by atoms with Gasteiger partial charge < -0.3 is 24.2 Å². The van der Waals surface area contributed by atoms with Crippen molar-refractivity contribution in [2.45, 2.75) is 33.5 Å². The number of quaternary nitrogens is 1. The zero-order valence-electron chi connectivity index (χ0n) is 21.7. The molecule has 0 aliphatic rings. The first-order chi connectivity index (χ1) is 18.6. The number of aryl methyl sites for hydroxylation is 2. The number of halogens is 2. The summed E-state index contributed by atoms with van der Waals surface area (Å²) in [6.45, 7) is 2.66. The normalized spacial score (nSPS) is 13.1. The number of hydroxylamine groups is 2. The van der Waals surface area contributed by atoms with Gasteiger partial charge in [0.1, 0.15) is 28.9 Å². The van der Waals surface area contributed by atoms with Crippen molar-refractivity contribution in [1.82, 2.24) is 4.98 Å². The number of pyridine rings is 1. The average Bonchev–Trinajstić information content (AvgIpc) is 3.25. The van der Waals surface area contributed by atoms with Gasteiger partial charge in [-0.15, -0.1) is 0 Å². The minimum absolute atomic E-state index is 0.0358. The van der Waals surface area contributed by atoms with Crippen molar-refractivity contribution in [1.29, 1.82) is 0 Å². The van der Waals surface area contributed by atoms with E-state index in [1.165, 1.54) is 19.2 Å². The number of hydrogen-bond acceptors (Lipinski definition) is 6. The Morgan fingerprint density at radius 1 is 1.03 bits per heavy atom. The van der Waals surface area contributed by atoms with Crippen LogP contribution in [0.25, 0.3) is 33.3 Å². The molecule has 1 amide bonds. The van der Waals surface area contributed by atoms with E-state index in [2.05, 4.69) is 4.74 Å². The number of benzene rings is 3. The van der Waals surface area contributed by atoms with E-state index < -0.39 is 23.7 Å². The first-order valence-electron chi connectivity index (χ1n) is 12.3. The molecule has 1 N–H and O–H groups in total. The number of aromatic nitrogens is 1. The minimum Gasteiger partial charge on any atom is -0.627 e. The molecule has 200 valence electrons. The van der Waals surface area contributed by atoms with Crippen LogP contribution in [0.2, 0.25) is 0 Å². The lowest BCUT2D eigenvalue weighted by molar-refractivity contribution is -0.732. The highest BCUT2D eigenvalue weighted by Gasteiger charge is 2.25. The maximum absolute atomic E-state index is 13.2. The van der Waals surface area contributed by atoms with Crippen molar-refractivity contribution >= 4 is 27.8 Å². The van der Waals surface area contributed by atoms with Crippen LogP contribution in [0.1, 0.15) is 40.1 Å². The van der Waals surface area contributed by atoms with E-state index in [0.29, 0.717) is 39.3 Å². The van der Waals surface area contributed by atoms with Crippen LogP contribution in [0.4, 0.5) is 8.78 Å². The van der Waals surface area contributed by atoms with Gasteiger partial charge in [-0.2, -0.15) is 8.78 Å². The third-order valence-electron chi connectivity index (χ3n) is 6.64. The zero-order chi connectivity index (χ0) is 27.8. The van der Waals surface area contributed by atoms with Gasteiger partial charge in [0.25, 0.3) is 0 Å². The Hall–Kier alpha value is -4.34. The number of ether oxygens (including phenoxy) is 2. The molecule has 3 aromatic carbocycles. The Bertz CT molecular complexity index is 1680. The van der Waals surface area contributed by atoms with E-state index in [-0.39, 0.29) is 11.3 Å². The number of furan rings is 1. The molecule has 5 aromatic rings. The second kappa shape index (κ2) is 10.4. The molecule has 0 saturated heterocycles. The van der Waals surface area contributed by atoms with Crippen molar-refractivity contribution in [2.24, 2.45) is 0 Å². The SMILES string of the molecule is Cc1c(-c2cc(C(=O)[NH+](C)[O-])c3c(O[C@H](C)c4ccc(OC(F)F)cc4)ccc(C)c3n2)oc2ccccc12. The fourth-order valence-corrected chi connectivity index (χ4v) is 4.62. The van der Waals surface area contributed by atoms with Gasteiger partial charge in [-0.1, -0.05) is 36.4 Å². The molecule has 0 saturated carbocycles. The van der Waals surface area contributed by atoms with E-state index in [4.69, 9.17) is 14.1 Å². The van der Waals surface area contributed by atoms with Gasteiger partial charge in [0.05, 0.1) is 23.5 Å². The largest absolute Gasteiger partial charge is 0.627 e. The van der Waals surface area contributed by atoms with Crippen LogP contribution in [0, 0.1) is 19.1 Å². The van der Waals surface area contributed by atoms with Crippen molar-refractivity contribution in [3.05, 3.63) is 94.2 Å². The Balaban J connectivity index is 1.63. The van der Waals surface area contributed by atoms with Gasteiger partial charge in [0.2, 0.25) is 0 Å². The van der Waals surface area contributed by atoms with E-state index in [1.807, 2.05) is 44.2 Å². The fraction of sp³-hybridized carbons (Fsp3) is 0.200. The van der Waals surface area contributed by atoms with Gasteiger partial charge in [-0.05, 0) is 62.2 Å². The summed E-state index contributed by atoms with van der Waals surface area (Å²) in [5.74, 6) is 0.240. The maximum Gasteiger partial charge on any atom is 0.387 e. The first kappa shape index (κ1) is 26.3. The highest BCUT2D eigenvalue weighted by molar-refractivity contribution is 6.07. The number of amides is 1. The number of alkyl halides is 2. The number of para-hydroxylation sites is 1. The highest BCUT2D eigenvalue weighted by atomic mass is 19.3. The van der Waals surface area contributed by atoms with Crippen LogP contribution < -0.4 is 14.5 Å². The summed E-state index contributed by atoms with van der Waals surface area (Å²) in [4.78, 5) is 18.1. The van der Waals surface area contributed by atoms with E-state index in [1.54, 1.807) is 31.2 Å². The number of carbonyl (C=O) groups is 1. The topological polar surface area (TPSA) is 89.1 Å². The van der Waals surface area contributed by atoms with Crippen LogP contribution in [-0.2, 0) is 0 Å². The van der Waals surface area contributed by atoms with Crippen LogP contribution >= 0.6 is 0 Å². The second-order valence-electron chi connectivity index (χ2n) is 9.30. The molecule has 2 heterocycles. The third-order valence-corrected chi connectivity index (χ3v) is 6.64. The predicted molar refractivity (Wildman–Crippen MR) is 143 cm³/mol. The second-order valence-corrected chi connectivity index (χ2v) is 9.30. The van der Waals surface area contributed by atoms with Crippen LogP contribution in [0.5, 0.6) is 11.5 Å². The molecule has 39 heavy (non-hydrogen) atoms. The number of rotatable bonds is 7. The summed E-state index contributed by atoms with van der Waals surface area (Å²) in [7, 11) is 1.22. The lowest BCUT2D eigenvalue weighted by Gasteiger charge is -2.20. The average molecular weight is 533 g/mol. The molecule has 0 spiro atoms. The third kappa shape index (κ3) is 5.06. The van der Waals surface area contributed by atoms with Crippen LogP contribution in [0.3, 0.4) is 0 Å². The molecule has 2 atom stereocenters. The Morgan fingerprint density at radius 2 is 1.74 bits per heavy atom. The molecule has 0 aliphatic heterocycles. The molecule has 1 unspecified atom stereocenters. The summed E-state index contributed by atoms with van der Waals surface area (Å²) < 4.78 is 41.8. The number of nitrogens with zero attached hydrogens (tertiary/aromatic N) is 1. The first-order valence-corrected chi connectivity index (χ1v) is 12.3. The van der Waals surface area contributed by atoms with Gasteiger partial charge in [-0.3, -0.25) is 0 Å². The Labute approximate surface area is 223 Å². The summed E-state index contributed by atoms with van der Waals surface area (Å²) in [6.07, 6.45) is -0.519. The molecule has 2 aromatic heterocycles. The van der Waals surface area contributed by atoms with Crippen molar-refractivity contribution in [3.8, 4) is 23.0 Å². The summed E-state index contributed by atoms with van der Waals surface area (Å²) in [5, 5.41) is 13.0. The van der Waals surface area contributed by atoms with Crippen molar-refractivity contribution in [2.75, 3.05) is 7.05 Å². The van der Waals surface area contributed by atoms with E-state index in [0.717, 1.165) is 16.5 Å². The smallest absolute Gasteiger partial charge is 0.387 e. The number of hydrogen-bond donors (Lipinski definition) is 1. The standard InChI is InChI=1S/C30H26F2N2O5/c1-16-9-14-25(37-18(3)19-10-12-20(13-11-19)38-30(31)32)26-22(29(35)34(4)36)15-23(33-27(16)26)28-17(2)21-7-5-6-8-24(21)39-28/h5-15,18,30,34H,1-4H3/t18-/m1/s1. The predicted octanol–water partition coefficient (Wildman–Crippen LogP) is 6.16. The number of nitrogens with one attached hydrogen (secondary N) is 1. The Kier molecular flexibility index (Phi) is 7.03. The monoisotopic (exact) mass is 532 g/mol. The Morgan fingerprint density at radius 3 is 2.41 bits per heavy atom. The summed E-state index contributed by atoms with van der Waals surface area (Å²) >= 11 is 0. The zero-order valence-corrected chi connectivity index (χ0v) is 21.7. The quantitative estimate of drug-likeness (QED) is 0.253. The summed E-state index contributed by atoms with van der Waals surface area (Å²) in [6, 6.07) is 18.9.